The second kappa shape index (κ2) is 15.8. The van der Waals surface area contributed by atoms with Crippen LogP contribution in [0.1, 0.15) is 66.2 Å². The zero-order chi connectivity index (χ0) is 31.1. The summed E-state index contributed by atoms with van der Waals surface area (Å²) in [4.78, 5) is 25.5. The molecule has 0 aliphatic heterocycles. The Bertz CT molecular complexity index is 1730. The van der Waals surface area contributed by atoms with Crippen LogP contribution < -0.4 is 14.8 Å². The van der Waals surface area contributed by atoms with Gasteiger partial charge in [0.25, 0.3) is 15.9 Å². The van der Waals surface area contributed by atoms with E-state index < -0.39 is 15.9 Å². The first kappa shape index (κ1) is 35.4. The average molecular weight is 628 g/mol. The number of hydrogen-bond donors (Lipinski definition) is 2. The molecule has 1 heterocycles. The van der Waals surface area contributed by atoms with Gasteiger partial charge in [-0.25, -0.2) is 13.1 Å². The van der Waals surface area contributed by atoms with Crippen molar-refractivity contribution in [2.75, 3.05) is 13.7 Å². The number of amides is 2. The molecule has 4 aromatic rings. The SMILES string of the molecule is CCCNC(=O)C(C)Cc1ccc2c(c1)c(Cc1ccc(C(=O)NS(=O)(=O)c3ccccc3C)cc1OC)cn2CCC.[NaH]. The maximum atomic E-state index is 13.0. The summed E-state index contributed by atoms with van der Waals surface area (Å²) >= 11 is 0. The Morgan fingerprint density at radius 2 is 1.73 bits per heavy atom. The standard InChI is InChI=1S/C34H41N3O5S.Na.H/c1-6-16-35-33(38)24(4)18-25-12-15-30-29(19-25)28(22-37(30)17-7-2)20-26-13-14-27(21-31(26)42-5)34(39)36-43(40,41)32-11-9-8-10-23(32)3;;/h8-15,19,21-22,24H,6-7,16-18,20H2,1-5H3,(H,35,38)(H,36,39);;. The molecule has 3 aromatic carbocycles. The number of aryl methyl sites for hydroxylation is 2. The number of sulfonamides is 1. The molecule has 44 heavy (non-hydrogen) atoms. The first-order valence-electron chi connectivity index (χ1n) is 14.8. The molecule has 8 nitrogen and oxygen atoms in total. The quantitative estimate of drug-likeness (QED) is 0.200. The van der Waals surface area contributed by atoms with E-state index in [9.17, 15) is 18.0 Å². The first-order valence-corrected chi connectivity index (χ1v) is 16.2. The van der Waals surface area contributed by atoms with Gasteiger partial charge in [0.2, 0.25) is 5.91 Å². The fourth-order valence-electron chi connectivity index (χ4n) is 5.31. The molecule has 0 aliphatic carbocycles. The Labute approximate surface area is 282 Å². The van der Waals surface area contributed by atoms with Gasteiger partial charge in [0.1, 0.15) is 5.75 Å². The predicted molar refractivity (Wildman–Crippen MR) is 177 cm³/mol. The van der Waals surface area contributed by atoms with E-state index in [2.05, 4.69) is 45.9 Å². The van der Waals surface area contributed by atoms with Crippen LogP contribution >= 0.6 is 0 Å². The minimum atomic E-state index is -4.03. The number of fused-ring (bicyclic) bond motifs is 1. The Balaban J connectivity index is 0.00000529. The fourth-order valence-corrected chi connectivity index (χ4v) is 6.53. The normalized spacial score (nSPS) is 11.9. The van der Waals surface area contributed by atoms with Crippen LogP contribution in [0.2, 0.25) is 0 Å². The topological polar surface area (TPSA) is 106 Å². The number of aromatic nitrogens is 1. The molecule has 0 saturated heterocycles. The Morgan fingerprint density at radius 3 is 2.41 bits per heavy atom. The van der Waals surface area contributed by atoms with Gasteiger partial charge in [0, 0.05) is 48.1 Å². The molecular weight excluding hydrogens is 585 g/mol. The van der Waals surface area contributed by atoms with E-state index in [1.54, 1.807) is 43.3 Å². The molecular formula is C34H42N3NaO5S. The second-order valence-electron chi connectivity index (χ2n) is 11.0. The molecule has 230 valence electrons. The minimum absolute atomic E-state index is 0. The van der Waals surface area contributed by atoms with Gasteiger partial charge in [0.05, 0.1) is 12.0 Å². The summed E-state index contributed by atoms with van der Waals surface area (Å²) in [6, 6.07) is 17.9. The molecule has 0 saturated carbocycles. The summed E-state index contributed by atoms with van der Waals surface area (Å²) in [5.41, 5.74) is 4.93. The van der Waals surface area contributed by atoms with Gasteiger partial charge in [-0.1, -0.05) is 51.1 Å². The van der Waals surface area contributed by atoms with E-state index >= 15 is 0 Å². The van der Waals surface area contributed by atoms with Crippen molar-refractivity contribution >= 4 is 62.3 Å². The number of benzene rings is 3. The monoisotopic (exact) mass is 627 g/mol. The van der Waals surface area contributed by atoms with Crippen LogP contribution in [0.25, 0.3) is 10.9 Å². The third kappa shape index (κ3) is 8.33. The summed E-state index contributed by atoms with van der Waals surface area (Å²) in [7, 11) is -2.50. The van der Waals surface area contributed by atoms with E-state index in [1.165, 1.54) is 13.2 Å². The Hall–Kier alpha value is -3.11. The van der Waals surface area contributed by atoms with Crippen molar-refractivity contribution in [3.63, 3.8) is 0 Å². The average Bonchev–Trinajstić information content (AvgIpc) is 3.32. The molecule has 2 N–H and O–H groups in total. The van der Waals surface area contributed by atoms with Crippen LogP contribution in [0.15, 0.2) is 71.8 Å². The van der Waals surface area contributed by atoms with Gasteiger partial charge in [-0.2, -0.15) is 0 Å². The Kier molecular flexibility index (Phi) is 12.7. The van der Waals surface area contributed by atoms with Crippen LogP contribution in [0, 0.1) is 12.8 Å². The number of carbonyl (C=O) groups is 2. The first-order chi connectivity index (χ1) is 20.6. The van der Waals surface area contributed by atoms with Crippen LogP contribution in [-0.2, 0) is 34.2 Å². The van der Waals surface area contributed by atoms with Gasteiger partial charge in [-0.15, -0.1) is 0 Å². The second-order valence-corrected chi connectivity index (χ2v) is 12.6. The molecule has 0 radical (unpaired) electrons. The number of carbonyl (C=O) groups excluding carboxylic acids is 2. The molecule has 0 bridgehead atoms. The van der Waals surface area contributed by atoms with Crippen molar-refractivity contribution in [3.05, 3.63) is 94.7 Å². The summed E-state index contributed by atoms with van der Waals surface area (Å²) < 4.78 is 35.8. The third-order valence-corrected chi connectivity index (χ3v) is 9.06. The summed E-state index contributed by atoms with van der Waals surface area (Å²) in [5, 5.41) is 4.10. The summed E-state index contributed by atoms with van der Waals surface area (Å²) in [6.07, 6.45) is 5.24. The van der Waals surface area contributed by atoms with E-state index in [0.717, 1.165) is 47.0 Å². The molecule has 1 unspecified atom stereocenters. The van der Waals surface area contributed by atoms with E-state index in [0.29, 0.717) is 30.7 Å². The number of hydrogen-bond acceptors (Lipinski definition) is 5. The molecule has 0 aliphatic rings. The van der Waals surface area contributed by atoms with E-state index in [1.807, 2.05) is 13.8 Å². The molecule has 2 amide bonds. The van der Waals surface area contributed by atoms with Crippen LogP contribution in [0.5, 0.6) is 5.75 Å². The number of ether oxygens (including phenoxy) is 1. The number of methoxy groups -OCH3 is 1. The zero-order valence-electron chi connectivity index (χ0n) is 25.6. The van der Waals surface area contributed by atoms with Gasteiger partial charge in [-0.05, 0) is 78.8 Å². The van der Waals surface area contributed by atoms with Crippen LogP contribution in [0.3, 0.4) is 0 Å². The molecule has 10 heteroatoms. The van der Waals surface area contributed by atoms with E-state index in [-0.39, 0.29) is 51.8 Å². The number of rotatable bonds is 13. The van der Waals surface area contributed by atoms with Crippen molar-refractivity contribution in [1.29, 1.82) is 0 Å². The van der Waals surface area contributed by atoms with Crippen molar-refractivity contribution < 1.29 is 22.7 Å². The number of nitrogens with zero attached hydrogens (tertiary/aromatic N) is 1. The van der Waals surface area contributed by atoms with Crippen LogP contribution in [0.4, 0.5) is 0 Å². The van der Waals surface area contributed by atoms with Crippen LogP contribution in [-0.4, -0.2) is 68.0 Å². The van der Waals surface area contributed by atoms with Gasteiger partial charge < -0.3 is 14.6 Å². The number of nitrogens with one attached hydrogen (secondary N) is 2. The van der Waals surface area contributed by atoms with Crippen molar-refractivity contribution in [2.45, 2.75) is 64.8 Å². The summed E-state index contributed by atoms with van der Waals surface area (Å²) in [5.74, 6) is -0.311. The van der Waals surface area contributed by atoms with Crippen molar-refractivity contribution in [2.24, 2.45) is 5.92 Å². The van der Waals surface area contributed by atoms with Gasteiger partial charge >= 0.3 is 29.6 Å². The van der Waals surface area contributed by atoms with Crippen molar-refractivity contribution in [3.8, 4) is 5.75 Å². The molecule has 1 atom stereocenters. The fraction of sp³-hybridized carbons (Fsp3) is 0.353. The zero-order valence-corrected chi connectivity index (χ0v) is 26.4. The molecule has 0 fully saturated rings. The van der Waals surface area contributed by atoms with Gasteiger partial charge in [-0.3, -0.25) is 9.59 Å². The van der Waals surface area contributed by atoms with E-state index in [4.69, 9.17) is 4.74 Å². The summed E-state index contributed by atoms with van der Waals surface area (Å²) in [6.45, 7) is 9.36. The third-order valence-electron chi connectivity index (χ3n) is 7.57. The molecule has 1 aromatic heterocycles. The maximum absolute atomic E-state index is 13.0. The van der Waals surface area contributed by atoms with Crippen molar-refractivity contribution in [1.82, 2.24) is 14.6 Å². The molecule has 4 rings (SSSR count). The Morgan fingerprint density at radius 1 is 0.977 bits per heavy atom. The van der Waals surface area contributed by atoms with Gasteiger partial charge in [0.15, 0.2) is 0 Å². The predicted octanol–water partition coefficient (Wildman–Crippen LogP) is 5.13. The molecule has 0 spiro atoms.